The Morgan fingerprint density at radius 2 is 2.18 bits per heavy atom. The minimum absolute atomic E-state index is 0.391. The van der Waals surface area contributed by atoms with Gasteiger partial charge in [-0.25, -0.2) is 0 Å². The molecule has 0 radical (unpaired) electrons. The Morgan fingerprint density at radius 3 is 2.82 bits per heavy atom. The molecule has 0 aromatic rings. The number of hydrogen-bond donors (Lipinski definition) is 1. The Labute approximate surface area is 110 Å². The van der Waals surface area contributed by atoms with Crippen molar-refractivity contribution >= 4 is 11.8 Å². The molecule has 1 saturated carbocycles. The molecular weight excluding hydrogens is 230 g/mol. The van der Waals surface area contributed by atoms with Crippen molar-refractivity contribution in [3.63, 3.8) is 0 Å². The average molecular weight is 255 g/mol. The number of ether oxygens (including phenoxy) is 1. The van der Waals surface area contributed by atoms with Gasteiger partial charge in [0.05, 0.1) is 6.26 Å². The van der Waals surface area contributed by atoms with Crippen LogP contribution in [0.15, 0.2) is 12.3 Å². The molecule has 2 nitrogen and oxygen atoms in total. The molecule has 0 bridgehead atoms. The summed E-state index contributed by atoms with van der Waals surface area (Å²) in [5, 5.41) is 3.64. The van der Waals surface area contributed by atoms with E-state index in [9.17, 15) is 0 Å². The fourth-order valence-electron chi connectivity index (χ4n) is 2.85. The van der Waals surface area contributed by atoms with Crippen LogP contribution < -0.4 is 5.32 Å². The minimum atomic E-state index is 0.391. The van der Waals surface area contributed by atoms with Crippen molar-refractivity contribution in [2.24, 2.45) is 0 Å². The van der Waals surface area contributed by atoms with E-state index in [4.69, 9.17) is 4.74 Å². The van der Waals surface area contributed by atoms with Gasteiger partial charge >= 0.3 is 0 Å². The van der Waals surface area contributed by atoms with E-state index in [1.54, 1.807) is 0 Å². The summed E-state index contributed by atoms with van der Waals surface area (Å²) in [6.45, 7) is 2.16. The molecule has 17 heavy (non-hydrogen) atoms. The van der Waals surface area contributed by atoms with Gasteiger partial charge in [0, 0.05) is 17.8 Å². The van der Waals surface area contributed by atoms with Crippen molar-refractivity contribution in [3.8, 4) is 0 Å². The molecular formula is C14H25NOS. The van der Waals surface area contributed by atoms with Crippen molar-refractivity contribution < 1.29 is 4.74 Å². The van der Waals surface area contributed by atoms with Crippen molar-refractivity contribution in [3.05, 3.63) is 12.3 Å². The highest BCUT2D eigenvalue weighted by atomic mass is 32.2. The smallest absolute Gasteiger partial charge is 0.110 e. The van der Waals surface area contributed by atoms with Crippen LogP contribution in [0.25, 0.3) is 0 Å². The molecule has 1 aliphatic carbocycles. The molecule has 1 atom stereocenters. The van der Waals surface area contributed by atoms with Gasteiger partial charge in [-0.3, -0.25) is 0 Å². The first kappa shape index (κ1) is 13.3. The molecule has 1 aliphatic heterocycles. The summed E-state index contributed by atoms with van der Waals surface area (Å²) in [5.74, 6) is 0. The summed E-state index contributed by atoms with van der Waals surface area (Å²) < 4.78 is 6.09. The maximum absolute atomic E-state index is 5.58. The quantitative estimate of drug-likeness (QED) is 0.814. The molecule has 3 heteroatoms. The van der Waals surface area contributed by atoms with Gasteiger partial charge in [0.15, 0.2) is 0 Å². The molecule has 1 N–H and O–H groups in total. The first-order valence-electron chi connectivity index (χ1n) is 6.91. The zero-order valence-corrected chi connectivity index (χ0v) is 11.7. The number of allylic oxidation sites excluding steroid dienone is 1. The largest absolute Gasteiger partial charge is 0.497 e. The third-order valence-corrected chi connectivity index (χ3v) is 5.46. The summed E-state index contributed by atoms with van der Waals surface area (Å²) in [4.78, 5) is 0. The van der Waals surface area contributed by atoms with E-state index in [1.807, 2.05) is 6.26 Å². The van der Waals surface area contributed by atoms with Crippen LogP contribution in [0, 0.1) is 0 Å². The fourth-order valence-corrected chi connectivity index (χ4v) is 3.79. The van der Waals surface area contributed by atoms with E-state index in [0.717, 1.165) is 19.5 Å². The molecule has 2 rings (SSSR count). The highest BCUT2D eigenvalue weighted by Gasteiger charge is 2.30. The first-order chi connectivity index (χ1) is 8.35. The summed E-state index contributed by atoms with van der Waals surface area (Å²) in [6.07, 6.45) is 16.0. The van der Waals surface area contributed by atoms with Crippen LogP contribution in [0.3, 0.4) is 0 Å². The highest BCUT2D eigenvalue weighted by Crippen LogP contribution is 2.37. The Balaban J connectivity index is 1.70. The molecule has 98 valence electrons. The number of nitrogens with one attached hydrogen (secondary N) is 1. The average Bonchev–Trinajstić information content (AvgIpc) is 2.41. The van der Waals surface area contributed by atoms with Gasteiger partial charge in [-0.2, -0.15) is 11.8 Å². The Hall–Kier alpha value is -0.150. The van der Waals surface area contributed by atoms with Gasteiger partial charge in [0.25, 0.3) is 0 Å². The highest BCUT2D eigenvalue weighted by molar-refractivity contribution is 8.00. The Kier molecular flexibility index (Phi) is 5.23. The third kappa shape index (κ3) is 3.92. The normalized spacial score (nSPS) is 27.7. The number of hydrogen-bond acceptors (Lipinski definition) is 3. The lowest BCUT2D eigenvalue weighted by atomic mass is 9.88. The summed E-state index contributed by atoms with van der Waals surface area (Å²) in [5.41, 5.74) is 0. The molecule has 1 unspecified atom stereocenters. The standard InChI is InChI=1S/C14H25NOS/c1-17-14(8-4-2-5-9-14)12-15-11-13-7-3-6-10-16-13/h6,10,13,15H,2-5,7-9,11-12H2,1H3. The topological polar surface area (TPSA) is 21.3 Å². The van der Waals surface area contributed by atoms with E-state index in [-0.39, 0.29) is 0 Å². The third-order valence-electron chi connectivity index (χ3n) is 4.04. The van der Waals surface area contributed by atoms with Crippen molar-refractivity contribution in [1.82, 2.24) is 5.32 Å². The second kappa shape index (κ2) is 6.69. The first-order valence-corrected chi connectivity index (χ1v) is 8.13. The number of rotatable bonds is 5. The van der Waals surface area contributed by atoms with Crippen LogP contribution in [0.4, 0.5) is 0 Å². The summed E-state index contributed by atoms with van der Waals surface area (Å²) >= 11 is 2.06. The van der Waals surface area contributed by atoms with E-state index < -0.39 is 0 Å². The van der Waals surface area contributed by atoms with E-state index in [1.165, 1.54) is 38.5 Å². The molecule has 2 aliphatic rings. The van der Waals surface area contributed by atoms with Crippen molar-refractivity contribution in [2.45, 2.75) is 55.8 Å². The minimum Gasteiger partial charge on any atom is -0.497 e. The second-order valence-corrected chi connectivity index (χ2v) is 6.56. The summed E-state index contributed by atoms with van der Waals surface area (Å²) in [7, 11) is 0. The predicted molar refractivity (Wildman–Crippen MR) is 75.4 cm³/mol. The van der Waals surface area contributed by atoms with E-state index in [2.05, 4.69) is 29.4 Å². The molecule has 0 aromatic heterocycles. The van der Waals surface area contributed by atoms with Crippen LogP contribution in [0.5, 0.6) is 0 Å². The maximum atomic E-state index is 5.58. The van der Waals surface area contributed by atoms with Gasteiger partial charge in [-0.05, 0) is 38.0 Å². The van der Waals surface area contributed by atoms with Crippen LogP contribution in [0.2, 0.25) is 0 Å². The monoisotopic (exact) mass is 255 g/mol. The van der Waals surface area contributed by atoms with Crippen LogP contribution in [-0.4, -0.2) is 30.2 Å². The fraction of sp³-hybridized carbons (Fsp3) is 0.857. The van der Waals surface area contributed by atoms with Crippen LogP contribution >= 0.6 is 11.8 Å². The molecule has 1 fully saturated rings. The van der Waals surface area contributed by atoms with E-state index >= 15 is 0 Å². The van der Waals surface area contributed by atoms with Crippen LogP contribution in [0.1, 0.15) is 44.9 Å². The Morgan fingerprint density at radius 1 is 1.35 bits per heavy atom. The SMILES string of the molecule is CSC1(CNCC2CCC=CO2)CCCCC1. The molecule has 0 aromatic carbocycles. The van der Waals surface area contributed by atoms with Crippen molar-refractivity contribution in [2.75, 3.05) is 19.3 Å². The van der Waals surface area contributed by atoms with Crippen LogP contribution in [-0.2, 0) is 4.74 Å². The Bertz CT molecular complexity index is 249. The lowest BCUT2D eigenvalue weighted by Crippen LogP contribution is -2.42. The van der Waals surface area contributed by atoms with Gasteiger partial charge in [-0.15, -0.1) is 0 Å². The lowest BCUT2D eigenvalue weighted by molar-refractivity contribution is 0.121. The molecule has 0 spiro atoms. The second-order valence-electron chi connectivity index (χ2n) is 5.29. The zero-order valence-electron chi connectivity index (χ0n) is 10.9. The van der Waals surface area contributed by atoms with Gasteiger partial charge in [-0.1, -0.05) is 19.3 Å². The molecule has 0 saturated heterocycles. The van der Waals surface area contributed by atoms with Gasteiger partial charge in [0.1, 0.15) is 6.10 Å². The summed E-state index contributed by atoms with van der Waals surface area (Å²) in [6, 6.07) is 0. The zero-order chi connectivity index (χ0) is 12.0. The van der Waals surface area contributed by atoms with E-state index in [0.29, 0.717) is 10.9 Å². The predicted octanol–water partition coefficient (Wildman–Crippen LogP) is 3.33. The molecule has 0 amide bonds. The van der Waals surface area contributed by atoms with Crippen molar-refractivity contribution in [1.29, 1.82) is 0 Å². The van der Waals surface area contributed by atoms with Gasteiger partial charge < -0.3 is 10.1 Å². The molecule has 1 heterocycles. The number of thioether (sulfide) groups is 1. The maximum Gasteiger partial charge on any atom is 0.110 e. The lowest BCUT2D eigenvalue weighted by Gasteiger charge is -2.36. The van der Waals surface area contributed by atoms with Gasteiger partial charge in [0.2, 0.25) is 0 Å².